The van der Waals surface area contributed by atoms with Crippen molar-refractivity contribution in [2.75, 3.05) is 0 Å². The number of carbonyl (C=O) groups excluding carboxylic acids is 1. The van der Waals surface area contributed by atoms with Gasteiger partial charge < -0.3 is 10.3 Å². The molecule has 122 valence electrons. The summed E-state index contributed by atoms with van der Waals surface area (Å²) in [6.45, 7) is 1.60. The minimum atomic E-state index is -4.70. The molecule has 1 atom stereocenters. The quantitative estimate of drug-likeness (QED) is 0.851. The van der Waals surface area contributed by atoms with Crippen molar-refractivity contribution in [3.05, 3.63) is 69.4 Å². The van der Waals surface area contributed by atoms with Crippen molar-refractivity contribution in [2.45, 2.75) is 19.1 Å². The number of pyridine rings is 1. The number of halogens is 4. The third-order valence-electron chi connectivity index (χ3n) is 3.18. The van der Waals surface area contributed by atoms with E-state index in [-0.39, 0.29) is 0 Å². The van der Waals surface area contributed by atoms with Crippen LogP contribution >= 0.6 is 0 Å². The summed E-state index contributed by atoms with van der Waals surface area (Å²) >= 11 is 0. The van der Waals surface area contributed by atoms with Crippen LogP contribution in [0.4, 0.5) is 17.6 Å². The molecule has 0 fully saturated rings. The second kappa shape index (κ2) is 6.23. The van der Waals surface area contributed by atoms with E-state index in [9.17, 15) is 27.2 Å². The Bertz CT molecular complexity index is 766. The number of carbonyl (C=O) groups is 1. The Hall–Kier alpha value is -2.64. The monoisotopic (exact) mass is 328 g/mol. The van der Waals surface area contributed by atoms with Gasteiger partial charge in [-0.05, 0) is 36.8 Å². The largest absolute Gasteiger partial charge is 0.431 e. The Labute approximate surface area is 128 Å². The molecule has 0 aliphatic heterocycles. The zero-order chi connectivity index (χ0) is 17.2. The molecule has 0 unspecified atom stereocenters. The third kappa shape index (κ3) is 3.97. The average molecular weight is 328 g/mol. The molecular formula is C15H12F4N2O2. The van der Waals surface area contributed by atoms with Crippen LogP contribution in [0, 0.1) is 5.82 Å². The number of hydrogen-bond acceptors (Lipinski definition) is 2. The number of amides is 1. The highest BCUT2D eigenvalue weighted by Crippen LogP contribution is 2.26. The first-order valence-corrected chi connectivity index (χ1v) is 6.55. The summed E-state index contributed by atoms with van der Waals surface area (Å²) in [6.07, 6.45) is -4.70. The van der Waals surface area contributed by atoms with E-state index in [4.69, 9.17) is 0 Å². The fourth-order valence-electron chi connectivity index (χ4n) is 1.93. The smallest absolute Gasteiger partial charge is 0.345 e. The fourth-order valence-corrected chi connectivity index (χ4v) is 1.93. The van der Waals surface area contributed by atoms with E-state index in [1.54, 1.807) is 11.9 Å². The van der Waals surface area contributed by atoms with Crippen LogP contribution in [0.5, 0.6) is 0 Å². The highest BCUT2D eigenvalue weighted by atomic mass is 19.4. The van der Waals surface area contributed by atoms with Crippen molar-refractivity contribution < 1.29 is 22.4 Å². The van der Waals surface area contributed by atoms with Crippen LogP contribution in [0.1, 0.15) is 34.6 Å². The van der Waals surface area contributed by atoms with Gasteiger partial charge in [-0.15, -0.1) is 0 Å². The number of aromatic amines is 1. The average Bonchev–Trinajstić information content (AvgIpc) is 2.46. The van der Waals surface area contributed by atoms with Gasteiger partial charge in [0.1, 0.15) is 17.1 Å². The molecular weight excluding hydrogens is 316 g/mol. The van der Waals surface area contributed by atoms with Gasteiger partial charge in [0, 0.05) is 0 Å². The molecule has 2 rings (SSSR count). The van der Waals surface area contributed by atoms with E-state index in [1.807, 2.05) is 0 Å². The molecule has 1 aromatic carbocycles. The highest BCUT2D eigenvalue weighted by Gasteiger charge is 2.32. The Balaban J connectivity index is 2.18. The van der Waals surface area contributed by atoms with Crippen molar-refractivity contribution in [3.63, 3.8) is 0 Å². The first-order valence-electron chi connectivity index (χ1n) is 6.55. The summed E-state index contributed by atoms with van der Waals surface area (Å²) in [5, 5.41) is 2.47. The van der Waals surface area contributed by atoms with Crippen LogP contribution in [0.2, 0.25) is 0 Å². The maximum absolute atomic E-state index is 12.8. The summed E-state index contributed by atoms with van der Waals surface area (Å²) in [4.78, 5) is 25.2. The van der Waals surface area contributed by atoms with E-state index in [0.717, 1.165) is 6.07 Å². The molecule has 0 spiro atoms. The van der Waals surface area contributed by atoms with Crippen LogP contribution in [-0.2, 0) is 6.18 Å². The Morgan fingerprint density at radius 2 is 1.74 bits per heavy atom. The van der Waals surface area contributed by atoms with E-state index in [1.165, 1.54) is 24.3 Å². The molecule has 0 aliphatic rings. The number of nitrogens with one attached hydrogen (secondary N) is 2. The summed E-state index contributed by atoms with van der Waals surface area (Å²) in [7, 11) is 0. The van der Waals surface area contributed by atoms with Gasteiger partial charge in [0.05, 0.1) is 6.04 Å². The lowest BCUT2D eigenvalue weighted by Crippen LogP contribution is -2.32. The molecule has 0 radical (unpaired) electrons. The van der Waals surface area contributed by atoms with Gasteiger partial charge in [0.2, 0.25) is 0 Å². The molecule has 0 saturated carbocycles. The van der Waals surface area contributed by atoms with E-state index >= 15 is 0 Å². The number of hydrogen-bond donors (Lipinski definition) is 2. The van der Waals surface area contributed by atoms with Crippen molar-refractivity contribution in [3.8, 4) is 0 Å². The molecule has 0 aliphatic carbocycles. The second-order valence-electron chi connectivity index (χ2n) is 4.86. The Morgan fingerprint density at radius 1 is 1.13 bits per heavy atom. The number of benzene rings is 1. The Kier molecular flexibility index (Phi) is 4.53. The summed E-state index contributed by atoms with van der Waals surface area (Å²) in [5.74, 6) is -1.26. The van der Waals surface area contributed by atoms with Gasteiger partial charge in [-0.25, -0.2) is 4.39 Å². The summed E-state index contributed by atoms with van der Waals surface area (Å²) in [5.41, 5.74) is -2.22. The molecule has 23 heavy (non-hydrogen) atoms. The molecule has 0 bridgehead atoms. The molecule has 1 heterocycles. The van der Waals surface area contributed by atoms with Crippen LogP contribution in [0.15, 0.2) is 41.2 Å². The van der Waals surface area contributed by atoms with Crippen LogP contribution < -0.4 is 10.9 Å². The van der Waals surface area contributed by atoms with Gasteiger partial charge in [-0.2, -0.15) is 13.2 Å². The zero-order valence-corrected chi connectivity index (χ0v) is 11.9. The molecule has 0 saturated heterocycles. The van der Waals surface area contributed by atoms with Gasteiger partial charge in [0.15, 0.2) is 0 Å². The first-order chi connectivity index (χ1) is 10.7. The first kappa shape index (κ1) is 16.7. The van der Waals surface area contributed by atoms with Crippen molar-refractivity contribution in [2.24, 2.45) is 0 Å². The molecule has 4 nitrogen and oxygen atoms in total. The fraction of sp³-hybridized carbons (Fsp3) is 0.200. The van der Waals surface area contributed by atoms with Gasteiger partial charge in [-0.1, -0.05) is 12.1 Å². The Morgan fingerprint density at radius 3 is 2.26 bits per heavy atom. The molecule has 8 heteroatoms. The van der Waals surface area contributed by atoms with Crippen LogP contribution in [0.3, 0.4) is 0 Å². The van der Waals surface area contributed by atoms with Crippen LogP contribution in [0.25, 0.3) is 0 Å². The van der Waals surface area contributed by atoms with Crippen molar-refractivity contribution in [1.29, 1.82) is 0 Å². The SMILES string of the molecule is C[C@@H](NC(=O)c1ccc(C(F)(F)F)[nH]c1=O)c1ccc(F)cc1. The lowest BCUT2D eigenvalue weighted by molar-refractivity contribution is -0.141. The molecule has 2 aromatic rings. The molecule has 2 N–H and O–H groups in total. The highest BCUT2D eigenvalue weighted by molar-refractivity contribution is 5.94. The summed E-state index contributed by atoms with van der Waals surface area (Å²) < 4.78 is 50.2. The van der Waals surface area contributed by atoms with Gasteiger partial charge >= 0.3 is 6.18 Å². The van der Waals surface area contributed by atoms with Gasteiger partial charge in [-0.3, -0.25) is 9.59 Å². The number of aromatic nitrogens is 1. The number of alkyl halides is 3. The summed E-state index contributed by atoms with van der Waals surface area (Å²) in [6, 6.07) is 6.22. The molecule has 1 amide bonds. The predicted octanol–water partition coefficient (Wildman–Crippen LogP) is 3.02. The topological polar surface area (TPSA) is 62.0 Å². The van der Waals surface area contributed by atoms with E-state index in [2.05, 4.69) is 5.32 Å². The van der Waals surface area contributed by atoms with Crippen LogP contribution in [-0.4, -0.2) is 10.9 Å². The lowest BCUT2D eigenvalue weighted by atomic mass is 10.1. The minimum absolute atomic E-state index is 0.438. The second-order valence-corrected chi connectivity index (χ2v) is 4.86. The maximum atomic E-state index is 12.8. The van der Waals surface area contributed by atoms with E-state index in [0.29, 0.717) is 11.6 Å². The minimum Gasteiger partial charge on any atom is -0.345 e. The standard InChI is InChI=1S/C15H12F4N2O2/c1-8(9-2-4-10(16)5-3-9)20-13(22)11-6-7-12(15(17,18)19)21-14(11)23/h2-8H,1H3,(H,20,22)(H,21,23)/t8-/m1/s1. The number of H-pyrrole nitrogens is 1. The third-order valence-corrected chi connectivity index (χ3v) is 3.18. The predicted molar refractivity (Wildman–Crippen MR) is 74.3 cm³/mol. The van der Waals surface area contributed by atoms with Crippen molar-refractivity contribution in [1.82, 2.24) is 10.3 Å². The zero-order valence-electron chi connectivity index (χ0n) is 11.9. The van der Waals surface area contributed by atoms with Gasteiger partial charge in [0.25, 0.3) is 11.5 Å². The number of rotatable bonds is 3. The maximum Gasteiger partial charge on any atom is 0.431 e. The van der Waals surface area contributed by atoms with E-state index < -0.39 is 40.8 Å². The normalized spacial score (nSPS) is 12.7. The van der Waals surface area contributed by atoms with Crippen molar-refractivity contribution >= 4 is 5.91 Å². The lowest BCUT2D eigenvalue weighted by Gasteiger charge is -2.14. The molecule has 1 aromatic heterocycles.